The van der Waals surface area contributed by atoms with E-state index in [1.807, 2.05) is 11.7 Å². The summed E-state index contributed by atoms with van der Waals surface area (Å²) in [5.74, 6) is 2.62. The number of rotatable bonds is 9. The van der Waals surface area contributed by atoms with E-state index in [-0.39, 0.29) is 24.0 Å². The lowest BCUT2D eigenvalue weighted by Crippen LogP contribution is -2.43. The van der Waals surface area contributed by atoms with Crippen LogP contribution in [0.5, 0.6) is 0 Å². The van der Waals surface area contributed by atoms with Crippen LogP contribution in [-0.2, 0) is 13.5 Å². The second kappa shape index (κ2) is 13.6. The van der Waals surface area contributed by atoms with Crippen molar-refractivity contribution in [2.24, 2.45) is 23.9 Å². The van der Waals surface area contributed by atoms with Gasteiger partial charge in [0.1, 0.15) is 0 Å². The summed E-state index contributed by atoms with van der Waals surface area (Å²) in [5, 5.41) is 11.5. The third kappa shape index (κ3) is 8.73. The Bertz CT molecular complexity index is 646. The lowest BCUT2D eigenvalue weighted by atomic mass is 9.92. The van der Waals surface area contributed by atoms with Gasteiger partial charge in [-0.25, -0.2) is 0 Å². The molecule has 6 nitrogen and oxygen atoms in total. The van der Waals surface area contributed by atoms with Gasteiger partial charge in [-0.15, -0.1) is 24.0 Å². The Balaban J connectivity index is 0.00000450. The molecule has 2 rings (SSSR count). The third-order valence-electron chi connectivity index (χ3n) is 5.99. The van der Waals surface area contributed by atoms with E-state index in [1.165, 1.54) is 43.7 Å². The van der Waals surface area contributed by atoms with Crippen LogP contribution in [0.3, 0.4) is 0 Å². The molecule has 2 N–H and O–H groups in total. The van der Waals surface area contributed by atoms with Crippen LogP contribution in [0.25, 0.3) is 0 Å². The number of hydrogen-bond donors (Lipinski definition) is 2. The van der Waals surface area contributed by atoms with Crippen LogP contribution in [0, 0.1) is 25.7 Å². The van der Waals surface area contributed by atoms with Crippen molar-refractivity contribution >= 4 is 29.9 Å². The van der Waals surface area contributed by atoms with Crippen molar-refractivity contribution in [3.05, 3.63) is 17.0 Å². The van der Waals surface area contributed by atoms with Gasteiger partial charge < -0.3 is 15.5 Å². The molecule has 0 amide bonds. The number of aliphatic imine (C=N–C) groups is 1. The molecule has 7 heteroatoms. The lowest BCUT2D eigenvalue weighted by molar-refractivity contribution is 0.139. The van der Waals surface area contributed by atoms with Gasteiger partial charge in [0.05, 0.1) is 5.69 Å². The fourth-order valence-electron chi connectivity index (χ4n) is 4.64. The monoisotopic (exact) mass is 532 g/mol. The van der Waals surface area contributed by atoms with E-state index < -0.39 is 0 Å². The minimum atomic E-state index is 0. The average Bonchev–Trinajstić information content (AvgIpc) is 2.87. The highest BCUT2D eigenvalue weighted by atomic mass is 127. The number of halogens is 1. The molecular formula is C23H45IN6. The van der Waals surface area contributed by atoms with Crippen LogP contribution >= 0.6 is 24.0 Å². The smallest absolute Gasteiger partial charge is 0.191 e. The molecule has 0 aromatic carbocycles. The molecular weight excluding hydrogens is 487 g/mol. The molecule has 1 aromatic heterocycles. The number of aryl methyl sites for hydroxylation is 2. The van der Waals surface area contributed by atoms with E-state index in [0.29, 0.717) is 6.04 Å². The van der Waals surface area contributed by atoms with E-state index in [4.69, 9.17) is 4.99 Å². The summed E-state index contributed by atoms with van der Waals surface area (Å²) < 4.78 is 1.97. The fourth-order valence-corrected chi connectivity index (χ4v) is 4.64. The van der Waals surface area contributed by atoms with Gasteiger partial charge in [0.15, 0.2) is 5.96 Å². The topological polar surface area (TPSA) is 57.5 Å². The molecule has 1 aliphatic heterocycles. The predicted molar refractivity (Wildman–Crippen MR) is 139 cm³/mol. The highest BCUT2D eigenvalue weighted by molar-refractivity contribution is 14.0. The van der Waals surface area contributed by atoms with E-state index in [2.05, 4.69) is 62.2 Å². The van der Waals surface area contributed by atoms with Crippen molar-refractivity contribution in [3.63, 3.8) is 0 Å². The first-order valence-electron chi connectivity index (χ1n) is 11.6. The van der Waals surface area contributed by atoms with E-state index in [9.17, 15) is 0 Å². The third-order valence-corrected chi connectivity index (χ3v) is 5.99. The number of piperidine rings is 1. The van der Waals surface area contributed by atoms with Crippen molar-refractivity contribution < 1.29 is 0 Å². The zero-order chi connectivity index (χ0) is 21.4. The molecule has 0 saturated carbocycles. The number of guanidine groups is 1. The summed E-state index contributed by atoms with van der Waals surface area (Å²) in [6.45, 7) is 18.9. The van der Waals surface area contributed by atoms with Crippen LogP contribution in [0.4, 0.5) is 0 Å². The fraction of sp³-hybridized carbons (Fsp3) is 0.826. The Hall–Kier alpha value is -0.830. The van der Waals surface area contributed by atoms with E-state index >= 15 is 0 Å². The number of nitrogens with zero attached hydrogens (tertiary/aromatic N) is 4. The van der Waals surface area contributed by atoms with Crippen molar-refractivity contribution in [1.29, 1.82) is 0 Å². The van der Waals surface area contributed by atoms with Crippen molar-refractivity contribution in [3.8, 4) is 0 Å². The molecule has 0 bridgehead atoms. The summed E-state index contributed by atoms with van der Waals surface area (Å²) >= 11 is 0. The van der Waals surface area contributed by atoms with Gasteiger partial charge >= 0.3 is 0 Å². The van der Waals surface area contributed by atoms with E-state index in [1.54, 1.807) is 0 Å². The van der Waals surface area contributed by atoms with Crippen LogP contribution in [0.1, 0.15) is 63.9 Å². The standard InChI is InChI=1S/C23H44N6.HI/c1-8-24-23(26-19(4)14-22-20(5)27-28(7)21(22)6)25-11-9-10-12-29-15-17(2)13-18(3)16-29;/h17-19H,8-16H2,1-7H3,(H2,24,25,26);1H. The van der Waals surface area contributed by atoms with Gasteiger partial charge in [0.25, 0.3) is 0 Å². The van der Waals surface area contributed by atoms with Crippen LogP contribution in [0.15, 0.2) is 4.99 Å². The SMILES string of the molecule is CCNC(=NCCCCN1CC(C)CC(C)C1)NC(C)Cc1c(C)nn(C)c1C.I. The number of unbranched alkanes of at least 4 members (excludes halogenated alkanes) is 1. The summed E-state index contributed by atoms with van der Waals surface area (Å²) in [7, 11) is 2.01. The molecule has 1 aliphatic rings. The van der Waals surface area contributed by atoms with Crippen LogP contribution in [-0.4, -0.2) is 59.4 Å². The maximum absolute atomic E-state index is 4.81. The average molecular weight is 533 g/mol. The van der Waals surface area contributed by atoms with Gasteiger partial charge in [-0.2, -0.15) is 5.10 Å². The Labute approximate surface area is 201 Å². The second-order valence-electron chi connectivity index (χ2n) is 9.20. The first-order chi connectivity index (χ1) is 13.8. The van der Waals surface area contributed by atoms with Gasteiger partial charge in [-0.1, -0.05) is 13.8 Å². The van der Waals surface area contributed by atoms with Crippen LogP contribution in [0.2, 0.25) is 0 Å². The maximum Gasteiger partial charge on any atom is 0.191 e. The van der Waals surface area contributed by atoms with Gasteiger partial charge in [0, 0.05) is 45.0 Å². The normalized spacial score (nSPS) is 21.2. The van der Waals surface area contributed by atoms with Gasteiger partial charge in [-0.3, -0.25) is 9.67 Å². The Kier molecular flexibility index (Phi) is 12.3. The zero-order valence-electron chi connectivity index (χ0n) is 20.3. The zero-order valence-corrected chi connectivity index (χ0v) is 22.6. The molecule has 0 aliphatic carbocycles. The number of aromatic nitrogens is 2. The molecule has 0 spiro atoms. The number of likely N-dealkylation sites (tertiary alicyclic amines) is 1. The minimum absolute atomic E-state index is 0. The van der Waals surface area contributed by atoms with Crippen LogP contribution < -0.4 is 10.6 Å². The molecule has 30 heavy (non-hydrogen) atoms. The maximum atomic E-state index is 4.81. The molecule has 1 saturated heterocycles. The second-order valence-corrected chi connectivity index (χ2v) is 9.20. The largest absolute Gasteiger partial charge is 0.357 e. The Morgan fingerprint density at radius 2 is 1.87 bits per heavy atom. The molecule has 174 valence electrons. The number of nitrogens with one attached hydrogen (secondary N) is 2. The molecule has 3 atom stereocenters. The summed E-state index contributed by atoms with van der Waals surface area (Å²) in [5.41, 5.74) is 3.72. The Morgan fingerprint density at radius 1 is 1.20 bits per heavy atom. The molecule has 3 unspecified atom stereocenters. The summed E-state index contributed by atoms with van der Waals surface area (Å²) in [6.07, 6.45) is 4.72. The highest BCUT2D eigenvalue weighted by Gasteiger charge is 2.21. The van der Waals surface area contributed by atoms with Crippen molar-refractivity contribution in [1.82, 2.24) is 25.3 Å². The molecule has 2 heterocycles. The quantitative estimate of drug-likeness (QED) is 0.219. The summed E-state index contributed by atoms with van der Waals surface area (Å²) in [6, 6.07) is 0.311. The highest BCUT2D eigenvalue weighted by Crippen LogP contribution is 2.21. The molecule has 0 radical (unpaired) electrons. The first-order valence-corrected chi connectivity index (χ1v) is 11.6. The van der Waals surface area contributed by atoms with E-state index in [0.717, 1.165) is 49.4 Å². The van der Waals surface area contributed by atoms with Gasteiger partial charge in [-0.05, 0) is 77.3 Å². The van der Waals surface area contributed by atoms with Crippen molar-refractivity contribution in [2.45, 2.75) is 73.3 Å². The summed E-state index contributed by atoms with van der Waals surface area (Å²) in [4.78, 5) is 7.46. The predicted octanol–water partition coefficient (Wildman–Crippen LogP) is 3.90. The number of hydrogen-bond acceptors (Lipinski definition) is 3. The lowest BCUT2D eigenvalue weighted by Gasteiger charge is -2.34. The van der Waals surface area contributed by atoms with Gasteiger partial charge in [0.2, 0.25) is 0 Å². The first kappa shape index (κ1) is 27.2. The van der Waals surface area contributed by atoms with Crippen molar-refractivity contribution in [2.75, 3.05) is 32.7 Å². The molecule has 1 aromatic rings. The minimum Gasteiger partial charge on any atom is -0.357 e. The molecule has 1 fully saturated rings. The Morgan fingerprint density at radius 3 is 2.43 bits per heavy atom.